The van der Waals surface area contributed by atoms with Crippen LogP contribution in [0.4, 0.5) is 11.4 Å². The van der Waals surface area contributed by atoms with Gasteiger partial charge in [0.15, 0.2) is 0 Å². The summed E-state index contributed by atoms with van der Waals surface area (Å²) in [4.78, 5) is 0. The van der Waals surface area contributed by atoms with Gasteiger partial charge >= 0.3 is 10.2 Å². The van der Waals surface area contributed by atoms with Gasteiger partial charge in [-0.25, -0.2) is 0 Å². The summed E-state index contributed by atoms with van der Waals surface area (Å²) in [5.74, 6) is 0. The Kier molecular flexibility index (Phi) is 3.46. The first kappa shape index (κ1) is 12.5. The maximum absolute atomic E-state index is 12.0. The molecule has 1 aromatic carbocycles. The Balaban J connectivity index is 2.22. The van der Waals surface area contributed by atoms with Crippen LogP contribution >= 0.6 is 11.6 Å². The molecular formula is C10H14ClN3O2S. The third-order valence-electron chi connectivity index (χ3n) is 2.63. The number of hydrogen-bond donors (Lipinski definition) is 2. The van der Waals surface area contributed by atoms with E-state index in [4.69, 9.17) is 17.3 Å². The highest BCUT2D eigenvalue weighted by Crippen LogP contribution is 2.26. The minimum atomic E-state index is -3.51. The van der Waals surface area contributed by atoms with Crippen LogP contribution in [0.3, 0.4) is 0 Å². The van der Waals surface area contributed by atoms with Gasteiger partial charge < -0.3 is 5.73 Å². The van der Waals surface area contributed by atoms with Crippen LogP contribution in [0.25, 0.3) is 0 Å². The highest BCUT2D eigenvalue weighted by molar-refractivity contribution is 7.90. The third kappa shape index (κ3) is 2.83. The second-order valence-corrected chi connectivity index (χ2v) is 6.03. The smallest absolute Gasteiger partial charge is 0.301 e. The summed E-state index contributed by atoms with van der Waals surface area (Å²) in [7, 11) is -3.51. The van der Waals surface area contributed by atoms with Crippen LogP contribution in [-0.2, 0) is 10.2 Å². The fourth-order valence-electron chi connectivity index (χ4n) is 1.75. The van der Waals surface area contributed by atoms with Crippen molar-refractivity contribution in [3.05, 3.63) is 23.2 Å². The molecular weight excluding hydrogens is 262 g/mol. The van der Waals surface area contributed by atoms with Crippen molar-refractivity contribution in [3.8, 4) is 0 Å². The number of anilines is 2. The molecule has 1 aliphatic rings. The fraction of sp³-hybridized carbons (Fsp3) is 0.400. The molecule has 0 unspecified atom stereocenters. The van der Waals surface area contributed by atoms with Gasteiger partial charge in [-0.05, 0) is 31.0 Å². The number of rotatable bonds is 3. The average molecular weight is 276 g/mol. The molecule has 2 rings (SSSR count). The largest absolute Gasteiger partial charge is 0.399 e. The van der Waals surface area contributed by atoms with Crippen molar-refractivity contribution >= 4 is 33.2 Å². The van der Waals surface area contributed by atoms with E-state index in [9.17, 15) is 8.42 Å². The van der Waals surface area contributed by atoms with Crippen molar-refractivity contribution in [1.29, 1.82) is 0 Å². The number of nitrogen functional groups attached to an aromatic ring is 1. The molecule has 1 saturated heterocycles. The fourth-order valence-corrected chi connectivity index (χ4v) is 3.29. The van der Waals surface area contributed by atoms with Crippen LogP contribution in [0.1, 0.15) is 12.8 Å². The Bertz CT molecular complexity index is 512. The normalized spacial score (nSPS) is 17.2. The maximum Gasteiger partial charge on any atom is 0.301 e. The zero-order valence-electron chi connectivity index (χ0n) is 9.19. The lowest BCUT2D eigenvalue weighted by molar-refractivity contribution is 0.482. The molecule has 0 bridgehead atoms. The van der Waals surface area contributed by atoms with E-state index in [0.29, 0.717) is 29.5 Å². The maximum atomic E-state index is 12.0. The highest BCUT2D eigenvalue weighted by atomic mass is 35.5. The zero-order valence-corrected chi connectivity index (χ0v) is 10.8. The van der Waals surface area contributed by atoms with Crippen LogP contribution in [0.15, 0.2) is 18.2 Å². The minimum Gasteiger partial charge on any atom is -0.399 e. The Labute approximate surface area is 106 Å². The van der Waals surface area contributed by atoms with E-state index in [-0.39, 0.29) is 0 Å². The van der Waals surface area contributed by atoms with Crippen LogP contribution in [-0.4, -0.2) is 25.8 Å². The molecule has 17 heavy (non-hydrogen) atoms. The van der Waals surface area contributed by atoms with Gasteiger partial charge in [-0.15, -0.1) is 0 Å². The van der Waals surface area contributed by atoms with E-state index in [0.717, 1.165) is 12.8 Å². The number of halogens is 1. The van der Waals surface area contributed by atoms with Gasteiger partial charge in [0.2, 0.25) is 0 Å². The second-order valence-electron chi connectivity index (χ2n) is 3.95. The molecule has 0 radical (unpaired) electrons. The molecule has 0 saturated carbocycles. The Hall–Kier alpha value is -0.980. The lowest BCUT2D eigenvalue weighted by Crippen LogP contribution is -2.33. The molecule has 3 N–H and O–H groups in total. The van der Waals surface area contributed by atoms with Gasteiger partial charge in [0.1, 0.15) is 0 Å². The number of nitrogens with two attached hydrogens (primary N) is 1. The summed E-state index contributed by atoms with van der Waals surface area (Å²) in [5.41, 5.74) is 6.38. The molecule has 7 heteroatoms. The van der Waals surface area contributed by atoms with Gasteiger partial charge in [0, 0.05) is 18.8 Å². The minimum absolute atomic E-state index is 0.318. The lowest BCUT2D eigenvalue weighted by atomic mass is 10.3. The molecule has 94 valence electrons. The van der Waals surface area contributed by atoms with Crippen molar-refractivity contribution in [2.45, 2.75) is 12.8 Å². The Morgan fingerprint density at radius 3 is 2.59 bits per heavy atom. The molecule has 0 spiro atoms. The highest BCUT2D eigenvalue weighted by Gasteiger charge is 2.25. The van der Waals surface area contributed by atoms with Crippen molar-refractivity contribution in [1.82, 2.24) is 4.31 Å². The van der Waals surface area contributed by atoms with Crippen LogP contribution in [0.2, 0.25) is 5.02 Å². The Morgan fingerprint density at radius 2 is 1.94 bits per heavy atom. The number of nitrogens with zero attached hydrogens (tertiary/aromatic N) is 1. The lowest BCUT2D eigenvalue weighted by Gasteiger charge is -2.17. The van der Waals surface area contributed by atoms with E-state index < -0.39 is 10.2 Å². The summed E-state index contributed by atoms with van der Waals surface area (Å²) in [6, 6.07) is 4.70. The average Bonchev–Trinajstić information content (AvgIpc) is 2.77. The first-order valence-electron chi connectivity index (χ1n) is 5.32. The predicted octanol–water partition coefficient (Wildman–Crippen LogP) is 1.67. The Morgan fingerprint density at radius 1 is 1.29 bits per heavy atom. The standard InChI is InChI=1S/C10H14ClN3O2S/c11-9-4-3-8(12)7-10(9)13-17(15,16)14-5-1-2-6-14/h3-4,7,13H,1-2,5-6,12H2. The predicted molar refractivity (Wildman–Crippen MR) is 69.2 cm³/mol. The van der Waals surface area contributed by atoms with E-state index in [1.807, 2.05) is 0 Å². The van der Waals surface area contributed by atoms with E-state index in [1.54, 1.807) is 12.1 Å². The summed E-state index contributed by atoms with van der Waals surface area (Å²) >= 11 is 5.91. The molecule has 1 heterocycles. The number of benzene rings is 1. The molecule has 0 atom stereocenters. The monoisotopic (exact) mass is 275 g/mol. The van der Waals surface area contributed by atoms with Crippen LogP contribution in [0, 0.1) is 0 Å². The quantitative estimate of drug-likeness (QED) is 0.824. The van der Waals surface area contributed by atoms with Crippen molar-refractivity contribution in [2.24, 2.45) is 0 Å². The van der Waals surface area contributed by atoms with Crippen LogP contribution < -0.4 is 10.5 Å². The van der Waals surface area contributed by atoms with Gasteiger partial charge in [-0.3, -0.25) is 4.72 Å². The molecule has 0 amide bonds. The van der Waals surface area contributed by atoms with Crippen molar-refractivity contribution in [3.63, 3.8) is 0 Å². The molecule has 0 aromatic heterocycles. The number of nitrogens with one attached hydrogen (secondary N) is 1. The van der Waals surface area contributed by atoms with Gasteiger partial charge in [0.25, 0.3) is 0 Å². The molecule has 0 aliphatic carbocycles. The summed E-state index contributed by atoms with van der Waals surface area (Å²) < 4.78 is 27.8. The summed E-state index contributed by atoms with van der Waals surface area (Å²) in [6.07, 6.45) is 1.79. The SMILES string of the molecule is Nc1ccc(Cl)c(NS(=O)(=O)N2CCCC2)c1. The second kappa shape index (κ2) is 4.72. The third-order valence-corrected chi connectivity index (χ3v) is 4.49. The molecule has 1 fully saturated rings. The van der Waals surface area contributed by atoms with Gasteiger partial charge in [-0.1, -0.05) is 11.6 Å². The molecule has 1 aromatic rings. The van der Waals surface area contributed by atoms with Gasteiger partial charge in [-0.2, -0.15) is 12.7 Å². The van der Waals surface area contributed by atoms with Crippen molar-refractivity contribution in [2.75, 3.05) is 23.5 Å². The zero-order chi connectivity index (χ0) is 12.5. The van der Waals surface area contributed by atoms with E-state index >= 15 is 0 Å². The van der Waals surface area contributed by atoms with Crippen LogP contribution in [0.5, 0.6) is 0 Å². The summed E-state index contributed by atoms with van der Waals surface area (Å²) in [6.45, 7) is 1.10. The van der Waals surface area contributed by atoms with Crippen molar-refractivity contribution < 1.29 is 8.42 Å². The topological polar surface area (TPSA) is 75.4 Å². The van der Waals surface area contributed by atoms with E-state index in [1.165, 1.54) is 10.4 Å². The first-order chi connectivity index (χ1) is 7.99. The molecule has 1 aliphatic heterocycles. The van der Waals surface area contributed by atoms with E-state index in [2.05, 4.69) is 4.72 Å². The number of hydrogen-bond acceptors (Lipinski definition) is 3. The first-order valence-corrected chi connectivity index (χ1v) is 7.14. The summed E-state index contributed by atoms with van der Waals surface area (Å²) in [5, 5.41) is 0.335. The molecule has 5 nitrogen and oxygen atoms in total. The van der Waals surface area contributed by atoms with Gasteiger partial charge in [0.05, 0.1) is 10.7 Å².